The van der Waals surface area contributed by atoms with Crippen LogP contribution < -0.4 is 15.6 Å². The van der Waals surface area contributed by atoms with Gasteiger partial charge in [0.05, 0.1) is 23.0 Å². The topological polar surface area (TPSA) is 79.0 Å². The number of carbonyl (C=O) groups excluding carboxylic acids is 1. The first-order chi connectivity index (χ1) is 14.3. The number of nitrogens with zero attached hydrogens (tertiary/aromatic N) is 1. The maximum absolute atomic E-state index is 12.3. The van der Waals surface area contributed by atoms with Gasteiger partial charge in [-0.1, -0.05) is 42.4 Å². The van der Waals surface area contributed by atoms with E-state index in [9.17, 15) is 4.79 Å². The first-order valence-electron chi connectivity index (χ1n) is 9.63. The summed E-state index contributed by atoms with van der Waals surface area (Å²) in [6.45, 7) is 10.1. The van der Waals surface area contributed by atoms with Crippen LogP contribution in [0.3, 0.4) is 0 Å². The Morgan fingerprint density at radius 2 is 1.97 bits per heavy atom. The number of hydrogen-bond donors (Lipinski definition) is 3. The van der Waals surface area contributed by atoms with Crippen molar-refractivity contribution in [3.05, 3.63) is 77.2 Å². The van der Waals surface area contributed by atoms with Gasteiger partial charge in [0.15, 0.2) is 0 Å². The van der Waals surface area contributed by atoms with Crippen molar-refractivity contribution in [2.45, 2.75) is 33.4 Å². The molecule has 156 valence electrons. The second kappa shape index (κ2) is 9.61. The second-order valence-electron chi connectivity index (χ2n) is 7.24. The van der Waals surface area contributed by atoms with Crippen LogP contribution in [0.1, 0.15) is 42.5 Å². The summed E-state index contributed by atoms with van der Waals surface area (Å²) < 4.78 is 5.58. The van der Waals surface area contributed by atoms with Gasteiger partial charge in [-0.3, -0.25) is 10.2 Å². The SMILES string of the molecule is C=C(C)c1ncc(-c2ccc(CNNC(=O)c3ccc(OC(C)C)c(Cl)c3)cc2)[nH]1. The molecule has 0 saturated carbocycles. The molecule has 0 bridgehead atoms. The maximum atomic E-state index is 12.3. The van der Waals surface area contributed by atoms with Gasteiger partial charge in [0.2, 0.25) is 0 Å². The Balaban J connectivity index is 1.54. The van der Waals surface area contributed by atoms with Crippen molar-refractivity contribution in [3.63, 3.8) is 0 Å². The summed E-state index contributed by atoms with van der Waals surface area (Å²) in [4.78, 5) is 19.9. The zero-order valence-electron chi connectivity index (χ0n) is 17.3. The number of aromatic amines is 1. The van der Waals surface area contributed by atoms with Gasteiger partial charge in [-0.05, 0) is 55.7 Å². The summed E-state index contributed by atoms with van der Waals surface area (Å²) in [6.07, 6.45) is 1.80. The van der Waals surface area contributed by atoms with Gasteiger partial charge in [-0.2, -0.15) is 0 Å². The molecule has 1 heterocycles. The lowest BCUT2D eigenvalue weighted by Gasteiger charge is -2.12. The molecule has 0 atom stereocenters. The third-order valence-corrected chi connectivity index (χ3v) is 4.59. The maximum Gasteiger partial charge on any atom is 0.265 e. The number of nitrogens with one attached hydrogen (secondary N) is 3. The highest BCUT2D eigenvalue weighted by Crippen LogP contribution is 2.26. The fourth-order valence-electron chi connectivity index (χ4n) is 2.78. The quantitative estimate of drug-likeness (QED) is 0.445. The summed E-state index contributed by atoms with van der Waals surface area (Å²) in [6, 6.07) is 13.0. The van der Waals surface area contributed by atoms with Crippen molar-refractivity contribution < 1.29 is 9.53 Å². The van der Waals surface area contributed by atoms with E-state index < -0.39 is 0 Å². The standard InChI is InChI=1S/C23H25ClN4O2/c1-14(2)22-25-13-20(27-22)17-7-5-16(6-8-17)12-26-28-23(29)18-9-10-21(19(24)11-18)30-15(3)4/h5-11,13,15,26H,1,12H2,2-4H3,(H,25,27)(H,28,29). The van der Waals surface area contributed by atoms with Crippen LogP contribution >= 0.6 is 11.6 Å². The Bertz CT molecular complexity index is 1040. The van der Waals surface area contributed by atoms with E-state index in [1.54, 1.807) is 24.4 Å². The lowest BCUT2D eigenvalue weighted by atomic mass is 10.1. The van der Waals surface area contributed by atoms with Crippen LogP contribution in [-0.2, 0) is 6.54 Å². The third-order valence-electron chi connectivity index (χ3n) is 4.30. The Hall–Kier alpha value is -3.09. The number of benzene rings is 2. The highest BCUT2D eigenvalue weighted by molar-refractivity contribution is 6.32. The van der Waals surface area contributed by atoms with Crippen molar-refractivity contribution >= 4 is 23.1 Å². The lowest BCUT2D eigenvalue weighted by Crippen LogP contribution is -2.36. The average molecular weight is 425 g/mol. The molecule has 6 nitrogen and oxygen atoms in total. The summed E-state index contributed by atoms with van der Waals surface area (Å²) in [5, 5.41) is 0.403. The Morgan fingerprint density at radius 1 is 1.23 bits per heavy atom. The van der Waals surface area contributed by atoms with E-state index in [0.29, 0.717) is 22.9 Å². The van der Waals surface area contributed by atoms with Crippen LogP contribution in [0.15, 0.2) is 55.2 Å². The number of imidazole rings is 1. The number of allylic oxidation sites excluding steroid dienone is 1. The zero-order chi connectivity index (χ0) is 21.7. The molecule has 2 aromatic carbocycles. The molecule has 1 amide bonds. The van der Waals surface area contributed by atoms with Gasteiger partial charge in [0.25, 0.3) is 5.91 Å². The van der Waals surface area contributed by atoms with Gasteiger partial charge < -0.3 is 9.72 Å². The molecule has 0 aliphatic rings. The minimum Gasteiger partial charge on any atom is -0.489 e. The van der Waals surface area contributed by atoms with Crippen molar-refractivity contribution in [2.75, 3.05) is 0 Å². The number of aromatic nitrogens is 2. The molecule has 0 aliphatic carbocycles. The first-order valence-corrected chi connectivity index (χ1v) is 10.0. The molecular formula is C23H25ClN4O2. The molecule has 0 aliphatic heterocycles. The minimum absolute atomic E-state index is 0.0108. The first kappa shape index (κ1) is 21.6. The molecule has 3 N–H and O–H groups in total. The predicted octanol–water partition coefficient (Wildman–Crippen LogP) is 4.99. The van der Waals surface area contributed by atoms with E-state index in [-0.39, 0.29) is 12.0 Å². The number of halogens is 1. The van der Waals surface area contributed by atoms with Crippen LogP contribution in [-0.4, -0.2) is 22.0 Å². The monoisotopic (exact) mass is 424 g/mol. The summed E-state index contributed by atoms with van der Waals surface area (Å²) in [5.41, 5.74) is 9.95. The third kappa shape index (κ3) is 5.49. The second-order valence-corrected chi connectivity index (χ2v) is 7.65. The van der Waals surface area contributed by atoms with Gasteiger partial charge in [0.1, 0.15) is 11.6 Å². The van der Waals surface area contributed by atoms with Crippen LogP contribution in [0.5, 0.6) is 5.75 Å². The molecule has 0 saturated heterocycles. The minimum atomic E-state index is -0.269. The molecule has 0 spiro atoms. The number of hydrazine groups is 1. The van der Waals surface area contributed by atoms with E-state index in [2.05, 4.69) is 27.4 Å². The fraction of sp³-hybridized carbons (Fsp3) is 0.217. The van der Waals surface area contributed by atoms with E-state index in [0.717, 1.165) is 28.2 Å². The van der Waals surface area contributed by atoms with E-state index >= 15 is 0 Å². The smallest absolute Gasteiger partial charge is 0.265 e. The van der Waals surface area contributed by atoms with E-state index in [1.807, 2.05) is 45.0 Å². The highest BCUT2D eigenvalue weighted by Gasteiger charge is 2.10. The molecule has 3 rings (SSSR count). The van der Waals surface area contributed by atoms with E-state index in [4.69, 9.17) is 16.3 Å². The van der Waals surface area contributed by atoms with Crippen LogP contribution in [0.4, 0.5) is 0 Å². The number of carbonyl (C=O) groups is 1. The molecule has 7 heteroatoms. The fourth-order valence-corrected chi connectivity index (χ4v) is 3.00. The Kier molecular flexibility index (Phi) is 6.92. The normalized spacial score (nSPS) is 10.8. The van der Waals surface area contributed by atoms with E-state index in [1.165, 1.54) is 0 Å². The van der Waals surface area contributed by atoms with Gasteiger partial charge in [-0.25, -0.2) is 10.4 Å². The van der Waals surface area contributed by atoms with Gasteiger partial charge >= 0.3 is 0 Å². The molecule has 0 unspecified atom stereocenters. The summed E-state index contributed by atoms with van der Waals surface area (Å²) in [5.74, 6) is 1.07. The molecule has 30 heavy (non-hydrogen) atoms. The molecule has 1 aromatic heterocycles. The van der Waals surface area contributed by atoms with Crippen molar-refractivity contribution in [2.24, 2.45) is 0 Å². The van der Waals surface area contributed by atoms with Crippen LogP contribution in [0, 0.1) is 0 Å². The van der Waals surface area contributed by atoms with Gasteiger partial charge in [-0.15, -0.1) is 0 Å². The van der Waals surface area contributed by atoms with Crippen LogP contribution in [0.2, 0.25) is 5.02 Å². The Labute approximate surface area is 181 Å². The summed E-state index contributed by atoms with van der Waals surface area (Å²) in [7, 11) is 0. The Morgan fingerprint density at radius 3 is 2.57 bits per heavy atom. The highest BCUT2D eigenvalue weighted by atomic mass is 35.5. The molecule has 3 aromatic rings. The average Bonchev–Trinajstić information content (AvgIpc) is 3.20. The largest absolute Gasteiger partial charge is 0.489 e. The number of ether oxygens (including phenoxy) is 1. The number of rotatable bonds is 8. The molecule has 0 fully saturated rings. The van der Waals surface area contributed by atoms with Crippen molar-refractivity contribution in [3.8, 4) is 17.0 Å². The molecule has 0 radical (unpaired) electrons. The zero-order valence-corrected chi connectivity index (χ0v) is 18.0. The summed E-state index contributed by atoms with van der Waals surface area (Å²) >= 11 is 6.19. The van der Waals surface area contributed by atoms with Crippen LogP contribution in [0.25, 0.3) is 16.8 Å². The van der Waals surface area contributed by atoms with Crippen molar-refractivity contribution in [1.29, 1.82) is 0 Å². The van der Waals surface area contributed by atoms with Gasteiger partial charge in [0, 0.05) is 12.1 Å². The lowest BCUT2D eigenvalue weighted by molar-refractivity contribution is 0.0932. The molecular weight excluding hydrogens is 400 g/mol. The van der Waals surface area contributed by atoms with Crippen molar-refractivity contribution in [1.82, 2.24) is 20.8 Å². The predicted molar refractivity (Wildman–Crippen MR) is 120 cm³/mol. The number of H-pyrrole nitrogens is 1. The number of hydrogen-bond acceptors (Lipinski definition) is 4. The number of amides is 1.